The second-order valence-electron chi connectivity index (χ2n) is 5.59. The van der Waals surface area contributed by atoms with Crippen LogP contribution in [0, 0.1) is 10.1 Å². The van der Waals surface area contributed by atoms with Crippen LogP contribution in [0.25, 0.3) is 0 Å². The number of non-ortho nitro benzene ring substituents is 1. The van der Waals surface area contributed by atoms with E-state index >= 15 is 0 Å². The van der Waals surface area contributed by atoms with E-state index < -0.39 is 4.92 Å². The van der Waals surface area contributed by atoms with Crippen molar-refractivity contribution < 1.29 is 14.5 Å². The van der Waals surface area contributed by atoms with Gasteiger partial charge in [-0.05, 0) is 12.1 Å². The standard InChI is InChI=1S/C16H15ClN6O4/c1-21-9-11(8-19-21)7-18-16(24)14-4-5-22(20-14)10-27-15-3-2-12(23(25)26)6-13(15)17/h2-6,8-9H,7,10H2,1H3,(H,18,24). The van der Waals surface area contributed by atoms with Gasteiger partial charge in [-0.15, -0.1) is 0 Å². The molecule has 0 fully saturated rings. The highest BCUT2D eigenvalue weighted by Crippen LogP contribution is 2.28. The summed E-state index contributed by atoms with van der Waals surface area (Å²) in [5.41, 5.74) is 0.984. The Bertz CT molecular complexity index is 983. The summed E-state index contributed by atoms with van der Waals surface area (Å²) in [6.07, 6.45) is 5.06. The van der Waals surface area contributed by atoms with E-state index in [2.05, 4.69) is 15.5 Å². The van der Waals surface area contributed by atoms with Crippen LogP contribution < -0.4 is 10.1 Å². The number of hydrogen-bond acceptors (Lipinski definition) is 6. The van der Waals surface area contributed by atoms with E-state index in [1.54, 1.807) is 36.4 Å². The molecule has 0 radical (unpaired) electrons. The molecule has 1 aromatic carbocycles. The quantitative estimate of drug-likeness (QED) is 0.488. The molecule has 0 bridgehead atoms. The summed E-state index contributed by atoms with van der Waals surface area (Å²) in [7, 11) is 1.80. The van der Waals surface area contributed by atoms with Gasteiger partial charge in [0.05, 0.1) is 16.1 Å². The molecule has 0 saturated heterocycles. The Morgan fingerprint density at radius 3 is 2.89 bits per heavy atom. The number of rotatable bonds is 7. The van der Waals surface area contributed by atoms with Crippen molar-refractivity contribution >= 4 is 23.2 Å². The van der Waals surface area contributed by atoms with Crippen LogP contribution in [0.4, 0.5) is 5.69 Å². The van der Waals surface area contributed by atoms with Crippen molar-refractivity contribution in [2.75, 3.05) is 0 Å². The average molecular weight is 391 g/mol. The van der Waals surface area contributed by atoms with E-state index in [1.165, 1.54) is 22.9 Å². The number of nitro groups is 1. The van der Waals surface area contributed by atoms with Crippen molar-refractivity contribution in [2.24, 2.45) is 7.05 Å². The lowest BCUT2D eigenvalue weighted by atomic mass is 10.3. The van der Waals surface area contributed by atoms with Crippen LogP contribution in [-0.4, -0.2) is 30.4 Å². The zero-order chi connectivity index (χ0) is 19.4. The molecule has 0 aliphatic carbocycles. The highest BCUT2D eigenvalue weighted by molar-refractivity contribution is 6.32. The summed E-state index contributed by atoms with van der Waals surface area (Å²) in [6, 6.07) is 5.46. The number of amides is 1. The molecule has 0 spiro atoms. The Balaban J connectivity index is 1.56. The predicted octanol–water partition coefficient (Wildman–Crippen LogP) is 2.14. The summed E-state index contributed by atoms with van der Waals surface area (Å²) in [5.74, 6) is -0.0497. The van der Waals surface area contributed by atoms with Crippen LogP contribution in [0.1, 0.15) is 16.1 Å². The first-order chi connectivity index (χ1) is 12.9. The lowest BCUT2D eigenvalue weighted by Gasteiger charge is -2.07. The zero-order valence-electron chi connectivity index (χ0n) is 14.2. The van der Waals surface area contributed by atoms with Crippen LogP contribution in [0.2, 0.25) is 5.02 Å². The van der Waals surface area contributed by atoms with Crippen molar-refractivity contribution in [1.29, 1.82) is 0 Å². The molecule has 11 heteroatoms. The summed E-state index contributed by atoms with van der Waals surface area (Å²) < 4.78 is 8.55. The number of carbonyl (C=O) groups is 1. The number of halogens is 1. The van der Waals surface area contributed by atoms with Gasteiger partial charge in [-0.25, -0.2) is 4.68 Å². The fourth-order valence-electron chi connectivity index (χ4n) is 2.25. The summed E-state index contributed by atoms with van der Waals surface area (Å²) in [5, 5.41) is 21.7. The Morgan fingerprint density at radius 2 is 2.22 bits per heavy atom. The van der Waals surface area contributed by atoms with Crippen molar-refractivity contribution in [2.45, 2.75) is 13.3 Å². The number of aromatic nitrogens is 4. The molecule has 2 heterocycles. The SMILES string of the molecule is Cn1cc(CNC(=O)c2ccn(COc3ccc([N+](=O)[O-])cc3Cl)n2)cn1. The largest absolute Gasteiger partial charge is 0.470 e. The number of nitro benzene ring substituents is 1. The van der Waals surface area contributed by atoms with E-state index in [-0.39, 0.29) is 34.8 Å². The maximum atomic E-state index is 12.1. The molecule has 140 valence electrons. The van der Waals surface area contributed by atoms with Gasteiger partial charge in [-0.1, -0.05) is 11.6 Å². The second-order valence-corrected chi connectivity index (χ2v) is 6.00. The Kier molecular flexibility index (Phi) is 5.36. The number of aryl methyl sites for hydroxylation is 1. The van der Waals surface area contributed by atoms with Gasteiger partial charge in [-0.2, -0.15) is 10.2 Å². The zero-order valence-corrected chi connectivity index (χ0v) is 15.0. The third-order valence-corrected chi connectivity index (χ3v) is 3.86. The maximum Gasteiger partial charge on any atom is 0.272 e. The first kappa shape index (κ1) is 18.4. The predicted molar refractivity (Wildman–Crippen MR) is 95.3 cm³/mol. The van der Waals surface area contributed by atoms with Crippen LogP contribution >= 0.6 is 11.6 Å². The summed E-state index contributed by atoms with van der Waals surface area (Å²) in [4.78, 5) is 22.3. The number of ether oxygens (including phenoxy) is 1. The molecule has 2 aromatic heterocycles. The molecule has 3 rings (SSSR count). The molecule has 0 atom stereocenters. The highest BCUT2D eigenvalue weighted by atomic mass is 35.5. The molecule has 3 aromatic rings. The lowest BCUT2D eigenvalue weighted by Crippen LogP contribution is -2.23. The molecule has 27 heavy (non-hydrogen) atoms. The summed E-state index contributed by atoms with van der Waals surface area (Å²) in [6.45, 7) is 0.335. The van der Waals surface area contributed by atoms with Gasteiger partial charge in [0.25, 0.3) is 11.6 Å². The number of nitrogens with one attached hydrogen (secondary N) is 1. The van der Waals surface area contributed by atoms with E-state index in [1.807, 2.05) is 0 Å². The first-order valence-electron chi connectivity index (χ1n) is 7.78. The molecule has 0 aliphatic rings. The van der Waals surface area contributed by atoms with Gasteiger partial charge in [0, 0.05) is 43.7 Å². The van der Waals surface area contributed by atoms with Gasteiger partial charge in [0.1, 0.15) is 11.4 Å². The van der Waals surface area contributed by atoms with Crippen molar-refractivity contribution in [1.82, 2.24) is 24.9 Å². The topological polar surface area (TPSA) is 117 Å². The van der Waals surface area contributed by atoms with Crippen LogP contribution in [0.15, 0.2) is 42.9 Å². The van der Waals surface area contributed by atoms with E-state index in [4.69, 9.17) is 16.3 Å². The molecule has 1 N–H and O–H groups in total. The van der Waals surface area contributed by atoms with Crippen LogP contribution in [-0.2, 0) is 20.3 Å². The minimum Gasteiger partial charge on any atom is -0.470 e. The molecular weight excluding hydrogens is 376 g/mol. The molecule has 0 aliphatic heterocycles. The van der Waals surface area contributed by atoms with Gasteiger partial charge < -0.3 is 10.1 Å². The fraction of sp³-hybridized carbons (Fsp3) is 0.188. The number of benzene rings is 1. The number of carbonyl (C=O) groups excluding carboxylic acids is 1. The van der Waals surface area contributed by atoms with Gasteiger partial charge in [0.2, 0.25) is 0 Å². The lowest BCUT2D eigenvalue weighted by molar-refractivity contribution is -0.384. The van der Waals surface area contributed by atoms with Crippen LogP contribution in [0.5, 0.6) is 5.75 Å². The normalized spacial score (nSPS) is 10.6. The van der Waals surface area contributed by atoms with Gasteiger partial charge in [-0.3, -0.25) is 19.6 Å². The third kappa shape index (κ3) is 4.61. The maximum absolute atomic E-state index is 12.1. The minimum absolute atomic E-state index is 0.00653. The van der Waals surface area contributed by atoms with E-state index in [0.717, 1.165) is 5.56 Å². The molecule has 0 unspecified atom stereocenters. The number of hydrogen-bond donors (Lipinski definition) is 1. The minimum atomic E-state index is -0.542. The second kappa shape index (κ2) is 7.87. The van der Waals surface area contributed by atoms with E-state index in [9.17, 15) is 14.9 Å². The number of nitrogens with zero attached hydrogens (tertiary/aromatic N) is 5. The highest BCUT2D eigenvalue weighted by Gasteiger charge is 2.12. The van der Waals surface area contributed by atoms with Crippen molar-refractivity contribution in [3.05, 3.63) is 69.3 Å². The first-order valence-corrected chi connectivity index (χ1v) is 8.16. The average Bonchev–Trinajstić information content (AvgIpc) is 3.27. The molecule has 1 amide bonds. The Labute approximate surface area is 158 Å². The van der Waals surface area contributed by atoms with Crippen molar-refractivity contribution in [3.63, 3.8) is 0 Å². The Morgan fingerprint density at radius 1 is 1.41 bits per heavy atom. The monoisotopic (exact) mass is 390 g/mol. The van der Waals surface area contributed by atoms with Crippen molar-refractivity contribution in [3.8, 4) is 5.75 Å². The Hall–Kier alpha value is -3.40. The third-order valence-electron chi connectivity index (χ3n) is 3.56. The van der Waals surface area contributed by atoms with Gasteiger partial charge >= 0.3 is 0 Å². The summed E-state index contributed by atoms with van der Waals surface area (Å²) >= 11 is 5.97. The van der Waals surface area contributed by atoms with Gasteiger partial charge in [0.15, 0.2) is 6.73 Å². The molecule has 0 saturated carbocycles. The van der Waals surface area contributed by atoms with E-state index in [0.29, 0.717) is 6.54 Å². The smallest absolute Gasteiger partial charge is 0.272 e. The fourth-order valence-corrected chi connectivity index (χ4v) is 2.48. The molecule has 10 nitrogen and oxygen atoms in total. The van der Waals surface area contributed by atoms with Crippen LogP contribution in [0.3, 0.4) is 0 Å². The molecular formula is C16H15ClN6O4.